The van der Waals surface area contributed by atoms with Crippen molar-refractivity contribution >= 4 is 16.8 Å². The third kappa shape index (κ3) is 3.24. The SMILES string of the molecule is O=S([O-])Cc1cc(F)ccc1N1CCNCC1. The average molecular weight is 257 g/mol. The smallest absolute Gasteiger partial charge is 0.123 e. The molecule has 0 spiro atoms. The summed E-state index contributed by atoms with van der Waals surface area (Å²) in [6.45, 7) is 3.34. The Hall–Kier alpha value is -0.980. The quantitative estimate of drug-likeness (QED) is 0.806. The zero-order chi connectivity index (χ0) is 12.3. The van der Waals surface area contributed by atoms with Gasteiger partial charge >= 0.3 is 0 Å². The third-order valence-electron chi connectivity index (χ3n) is 2.77. The monoisotopic (exact) mass is 257 g/mol. The molecule has 4 nitrogen and oxygen atoms in total. The second kappa shape index (κ2) is 5.57. The van der Waals surface area contributed by atoms with Gasteiger partial charge in [-0.2, -0.15) is 0 Å². The molecule has 1 atom stereocenters. The largest absolute Gasteiger partial charge is 0.772 e. The highest BCUT2D eigenvalue weighted by Gasteiger charge is 2.14. The van der Waals surface area contributed by atoms with Gasteiger partial charge in [0.05, 0.1) is 0 Å². The van der Waals surface area contributed by atoms with Gasteiger partial charge in [-0.1, -0.05) is 11.1 Å². The minimum Gasteiger partial charge on any atom is -0.772 e. The first-order valence-electron chi connectivity index (χ1n) is 5.47. The van der Waals surface area contributed by atoms with Crippen molar-refractivity contribution < 1.29 is 13.2 Å². The van der Waals surface area contributed by atoms with Crippen LogP contribution in [0.4, 0.5) is 10.1 Å². The molecule has 2 rings (SSSR count). The molecule has 0 aliphatic carbocycles. The minimum absolute atomic E-state index is 0.142. The van der Waals surface area contributed by atoms with E-state index in [1.165, 1.54) is 12.1 Å². The highest BCUT2D eigenvalue weighted by molar-refractivity contribution is 7.78. The van der Waals surface area contributed by atoms with E-state index >= 15 is 0 Å². The number of nitrogens with zero attached hydrogens (tertiary/aromatic N) is 1. The van der Waals surface area contributed by atoms with Crippen molar-refractivity contribution in [3.8, 4) is 0 Å². The van der Waals surface area contributed by atoms with Crippen LogP contribution in [0.15, 0.2) is 18.2 Å². The van der Waals surface area contributed by atoms with E-state index in [4.69, 9.17) is 0 Å². The number of nitrogens with one attached hydrogen (secondary N) is 1. The lowest BCUT2D eigenvalue weighted by Gasteiger charge is -2.31. The van der Waals surface area contributed by atoms with Crippen molar-refractivity contribution in [2.24, 2.45) is 0 Å². The number of benzene rings is 1. The molecule has 1 aromatic carbocycles. The summed E-state index contributed by atoms with van der Waals surface area (Å²) >= 11 is -2.20. The van der Waals surface area contributed by atoms with Crippen LogP contribution in [0.25, 0.3) is 0 Å². The normalized spacial score (nSPS) is 18.1. The fourth-order valence-corrected chi connectivity index (χ4v) is 2.50. The first-order valence-corrected chi connectivity index (χ1v) is 6.71. The Morgan fingerprint density at radius 2 is 2.12 bits per heavy atom. The zero-order valence-corrected chi connectivity index (χ0v) is 10.1. The van der Waals surface area contributed by atoms with Crippen LogP contribution in [0.5, 0.6) is 0 Å². The van der Waals surface area contributed by atoms with Crippen LogP contribution < -0.4 is 10.2 Å². The lowest BCUT2D eigenvalue weighted by atomic mass is 10.1. The summed E-state index contributed by atoms with van der Waals surface area (Å²) in [5.41, 5.74) is 1.34. The van der Waals surface area contributed by atoms with Crippen molar-refractivity contribution in [2.45, 2.75) is 5.75 Å². The Morgan fingerprint density at radius 3 is 2.76 bits per heavy atom. The van der Waals surface area contributed by atoms with Gasteiger partial charge in [0.25, 0.3) is 0 Å². The maximum absolute atomic E-state index is 13.1. The molecule has 0 amide bonds. The lowest BCUT2D eigenvalue weighted by Crippen LogP contribution is -2.43. The van der Waals surface area contributed by atoms with Gasteiger partial charge < -0.3 is 14.8 Å². The summed E-state index contributed by atoms with van der Waals surface area (Å²) in [5.74, 6) is -0.541. The van der Waals surface area contributed by atoms with Crippen LogP contribution >= 0.6 is 0 Å². The van der Waals surface area contributed by atoms with Gasteiger partial charge in [0, 0.05) is 37.6 Å². The molecule has 0 saturated carbocycles. The van der Waals surface area contributed by atoms with Gasteiger partial charge in [-0.15, -0.1) is 0 Å². The van der Waals surface area contributed by atoms with Crippen LogP contribution in [0, 0.1) is 5.82 Å². The number of hydrogen-bond donors (Lipinski definition) is 1. The Balaban J connectivity index is 2.27. The van der Waals surface area contributed by atoms with Gasteiger partial charge in [-0.25, -0.2) is 4.39 Å². The molecule has 1 aliphatic rings. The van der Waals surface area contributed by atoms with E-state index in [0.717, 1.165) is 31.9 Å². The van der Waals surface area contributed by atoms with E-state index in [1.54, 1.807) is 6.07 Å². The van der Waals surface area contributed by atoms with E-state index < -0.39 is 16.9 Å². The highest BCUT2D eigenvalue weighted by atomic mass is 32.2. The zero-order valence-electron chi connectivity index (χ0n) is 9.32. The molecule has 94 valence electrons. The molecule has 1 N–H and O–H groups in total. The molecule has 0 radical (unpaired) electrons. The van der Waals surface area contributed by atoms with Gasteiger partial charge in [-0.05, 0) is 23.8 Å². The Bertz CT molecular complexity index is 422. The standard InChI is InChI=1S/C11H15FN2O2S/c12-10-1-2-11(9(7-10)8-17(15)16)14-5-3-13-4-6-14/h1-2,7,13H,3-6,8H2,(H,15,16)/p-1. The molecular weight excluding hydrogens is 243 g/mol. The number of rotatable bonds is 3. The van der Waals surface area contributed by atoms with Crippen LogP contribution in [0.2, 0.25) is 0 Å². The van der Waals surface area contributed by atoms with Gasteiger partial charge in [0.15, 0.2) is 0 Å². The van der Waals surface area contributed by atoms with Crippen LogP contribution in [0.1, 0.15) is 5.56 Å². The predicted octanol–water partition coefficient (Wildman–Crippen LogP) is 0.614. The third-order valence-corrected chi connectivity index (χ3v) is 3.32. The summed E-state index contributed by atoms with van der Waals surface area (Å²) < 4.78 is 34.7. The molecule has 1 unspecified atom stereocenters. The molecule has 6 heteroatoms. The second-order valence-corrected chi connectivity index (χ2v) is 4.85. The summed E-state index contributed by atoms with van der Waals surface area (Å²) in [4.78, 5) is 2.08. The first-order chi connectivity index (χ1) is 8.16. The Morgan fingerprint density at radius 1 is 1.41 bits per heavy atom. The maximum Gasteiger partial charge on any atom is 0.123 e. The van der Waals surface area contributed by atoms with E-state index in [2.05, 4.69) is 10.2 Å². The molecule has 1 heterocycles. The molecule has 17 heavy (non-hydrogen) atoms. The van der Waals surface area contributed by atoms with Crippen molar-refractivity contribution in [2.75, 3.05) is 31.1 Å². The highest BCUT2D eigenvalue weighted by Crippen LogP contribution is 2.23. The number of piperazine rings is 1. The van der Waals surface area contributed by atoms with Crippen molar-refractivity contribution in [3.63, 3.8) is 0 Å². The minimum atomic E-state index is -2.20. The molecule has 1 fully saturated rings. The van der Waals surface area contributed by atoms with Gasteiger partial charge in [0.1, 0.15) is 5.82 Å². The van der Waals surface area contributed by atoms with Crippen molar-refractivity contribution in [1.29, 1.82) is 0 Å². The maximum atomic E-state index is 13.1. The predicted molar refractivity (Wildman–Crippen MR) is 64.1 cm³/mol. The molecule has 0 bridgehead atoms. The summed E-state index contributed by atoms with van der Waals surface area (Å²) in [7, 11) is 0. The van der Waals surface area contributed by atoms with Crippen LogP contribution in [0.3, 0.4) is 0 Å². The van der Waals surface area contributed by atoms with Gasteiger partial charge in [-0.3, -0.25) is 4.21 Å². The van der Waals surface area contributed by atoms with Crippen molar-refractivity contribution in [1.82, 2.24) is 5.32 Å². The van der Waals surface area contributed by atoms with E-state index in [0.29, 0.717) is 5.56 Å². The number of anilines is 1. The fraction of sp³-hybridized carbons (Fsp3) is 0.455. The number of halogens is 1. The molecule has 1 aromatic rings. The average Bonchev–Trinajstić information content (AvgIpc) is 2.29. The van der Waals surface area contributed by atoms with Crippen LogP contribution in [-0.2, 0) is 16.8 Å². The van der Waals surface area contributed by atoms with E-state index in [-0.39, 0.29) is 5.75 Å². The topological polar surface area (TPSA) is 55.4 Å². The summed E-state index contributed by atoms with van der Waals surface area (Å²) in [6.07, 6.45) is 0. The molecule has 1 saturated heterocycles. The van der Waals surface area contributed by atoms with Gasteiger partial charge in [0.2, 0.25) is 0 Å². The second-order valence-electron chi connectivity index (χ2n) is 3.96. The summed E-state index contributed by atoms with van der Waals surface area (Å²) in [6, 6.07) is 4.32. The molecular formula is C11H14FN2O2S-. The van der Waals surface area contributed by atoms with E-state index in [1.807, 2.05) is 0 Å². The summed E-state index contributed by atoms with van der Waals surface area (Å²) in [5, 5.41) is 3.22. The van der Waals surface area contributed by atoms with E-state index in [9.17, 15) is 13.2 Å². The Kier molecular flexibility index (Phi) is 4.09. The van der Waals surface area contributed by atoms with Crippen molar-refractivity contribution in [3.05, 3.63) is 29.6 Å². The first kappa shape index (κ1) is 12.5. The fourth-order valence-electron chi connectivity index (χ4n) is 2.01. The molecule has 1 aliphatic heterocycles. The lowest BCUT2D eigenvalue weighted by molar-refractivity contribution is 0.535. The Labute approximate surface area is 102 Å². The molecule has 0 aromatic heterocycles. The van der Waals surface area contributed by atoms with Crippen LogP contribution in [-0.4, -0.2) is 34.9 Å². The number of hydrogen-bond acceptors (Lipinski definition) is 4.